The molecule has 0 radical (unpaired) electrons. The summed E-state index contributed by atoms with van der Waals surface area (Å²) in [7, 11) is 0. The van der Waals surface area contributed by atoms with Gasteiger partial charge in [-0.05, 0) is 24.6 Å². The zero-order chi connectivity index (χ0) is 15.0. The number of rotatable bonds is 3. The number of pyridine rings is 1. The molecular weight excluding hydrogens is 270 g/mol. The second-order valence-electron chi connectivity index (χ2n) is 4.70. The van der Waals surface area contributed by atoms with E-state index in [0.29, 0.717) is 28.9 Å². The van der Waals surface area contributed by atoms with Gasteiger partial charge in [0.2, 0.25) is 0 Å². The number of nitro benzene ring substituents is 1. The van der Waals surface area contributed by atoms with E-state index in [-0.39, 0.29) is 5.69 Å². The van der Waals surface area contributed by atoms with Gasteiger partial charge in [-0.3, -0.25) is 19.3 Å². The third kappa shape index (κ3) is 2.16. The number of aromatic nitrogens is 2. The van der Waals surface area contributed by atoms with Gasteiger partial charge in [-0.1, -0.05) is 12.1 Å². The molecule has 0 aliphatic rings. The average molecular weight is 281 g/mol. The second kappa shape index (κ2) is 4.82. The van der Waals surface area contributed by atoms with Gasteiger partial charge in [-0.25, -0.2) is 4.98 Å². The van der Waals surface area contributed by atoms with Crippen LogP contribution in [0, 0.1) is 17.0 Å². The lowest BCUT2D eigenvalue weighted by molar-refractivity contribution is -0.384. The maximum absolute atomic E-state index is 11.4. The Balaban J connectivity index is 2.26. The van der Waals surface area contributed by atoms with Crippen molar-refractivity contribution in [2.24, 2.45) is 0 Å². The summed E-state index contributed by atoms with van der Waals surface area (Å²) in [5.41, 5.74) is 3.00. The number of imidazole rings is 1. The predicted molar refractivity (Wildman–Crippen MR) is 77.4 cm³/mol. The number of carbonyl (C=O) groups is 1. The number of benzene rings is 1. The first kappa shape index (κ1) is 13.0. The standard InChI is InChI=1S/C15H11N3O3/c1-10-5-6-17-13(9-19)15(16-14(17)7-10)11-3-2-4-12(8-11)18(20)21/h2-9H,1H3. The van der Waals surface area contributed by atoms with Crippen LogP contribution >= 0.6 is 0 Å². The van der Waals surface area contributed by atoms with Crippen LogP contribution < -0.4 is 0 Å². The highest BCUT2D eigenvalue weighted by atomic mass is 16.6. The van der Waals surface area contributed by atoms with Crippen molar-refractivity contribution >= 4 is 17.6 Å². The molecule has 2 aromatic heterocycles. The van der Waals surface area contributed by atoms with E-state index in [2.05, 4.69) is 4.98 Å². The zero-order valence-electron chi connectivity index (χ0n) is 11.2. The summed E-state index contributed by atoms with van der Waals surface area (Å²) < 4.78 is 1.67. The smallest absolute Gasteiger partial charge is 0.270 e. The minimum atomic E-state index is -0.468. The minimum absolute atomic E-state index is 0.0300. The van der Waals surface area contributed by atoms with E-state index in [1.807, 2.05) is 19.1 Å². The molecule has 6 nitrogen and oxygen atoms in total. The van der Waals surface area contributed by atoms with Gasteiger partial charge >= 0.3 is 0 Å². The molecule has 6 heteroatoms. The van der Waals surface area contributed by atoms with Crippen LogP contribution in [-0.4, -0.2) is 20.6 Å². The van der Waals surface area contributed by atoms with Crippen molar-refractivity contribution in [2.45, 2.75) is 6.92 Å². The number of fused-ring (bicyclic) bond motifs is 1. The first-order chi connectivity index (χ1) is 10.1. The molecule has 1 aromatic carbocycles. The van der Waals surface area contributed by atoms with Gasteiger partial charge in [0, 0.05) is 23.9 Å². The Morgan fingerprint density at radius 2 is 2.10 bits per heavy atom. The minimum Gasteiger partial charge on any atom is -0.297 e. The van der Waals surface area contributed by atoms with Crippen LogP contribution in [0.4, 0.5) is 5.69 Å². The predicted octanol–water partition coefficient (Wildman–Crippen LogP) is 3.03. The third-order valence-corrected chi connectivity index (χ3v) is 3.26. The van der Waals surface area contributed by atoms with Crippen molar-refractivity contribution in [1.29, 1.82) is 0 Å². The fraction of sp³-hybridized carbons (Fsp3) is 0.0667. The number of aldehydes is 1. The fourth-order valence-electron chi connectivity index (χ4n) is 2.26. The highest BCUT2D eigenvalue weighted by Gasteiger charge is 2.15. The quantitative estimate of drug-likeness (QED) is 0.420. The Morgan fingerprint density at radius 1 is 1.29 bits per heavy atom. The molecule has 21 heavy (non-hydrogen) atoms. The Labute approximate surface area is 119 Å². The monoisotopic (exact) mass is 281 g/mol. The van der Waals surface area contributed by atoms with E-state index in [9.17, 15) is 14.9 Å². The van der Waals surface area contributed by atoms with Crippen LogP contribution in [0.2, 0.25) is 0 Å². The fourth-order valence-corrected chi connectivity index (χ4v) is 2.26. The van der Waals surface area contributed by atoms with E-state index in [1.54, 1.807) is 22.7 Å². The highest BCUT2D eigenvalue weighted by molar-refractivity contribution is 5.86. The van der Waals surface area contributed by atoms with Crippen molar-refractivity contribution in [3.05, 3.63) is 64.0 Å². The van der Waals surface area contributed by atoms with E-state index >= 15 is 0 Å². The summed E-state index contributed by atoms with van der Waals surface area (Å²) in [5.74, 6) is 0. The Kier molecular flexibility index (Phi) is 2.98. The van der Waals surface area contributed by atoms with Crippen LogP contribution in [0.15, 0.2) is 42.6 Å². The summed E-state index contributed by atoms with van der Waals surface area (Å²) in [6.07, 6.45) is 2.48. The molecule has 0 saturated heterocycles. The Hall–Kier alpha value is -3.02. The Bertz CT molecular complexity index is 868. The topological polar surface area (TPSA) is 77.5 Å². The zero-order valence-corrected chi connectivity index (χ0v) is 11.2. The molecule has 0 spiro atoms. The van der Waals surface area contributed by atoms with Crippen molar-refractivity contribution in [3.63, 3.8) is 0 Å². The van der Waals surface area contributed by atoms with Gasteiger partial charge in [-0.2, -0.15) is 0 Å². The molecule has 3 aromatic rings. The molecule has 0 bridgehead atoms. The number of nitrogens with zero attached hydrogens (tertiary/aromatic N) is 3. The van der Waals surface area contributed by atoms with Gasteiger partial charge in [0.15, 0.2) is 6.29 Å². The number of hydrogen-bond acceptors (Lipinski definition) is 4. The van der Waals surface area contributed by atoms with Crippen molar-refractivity contribution < 1.29 is 9.72 Å². The van der Waals surface area contributed by atoms with Crippen molar-refractivity contribution in [2.75, 3.05) is 0 Å². The molecule has 0 aliphatic carbocycles. The maximum atomic E-state index is 11.4. The van der Waals surface area contributed by atoms with Crippen LogP contribution in [-0.2, 0) is 0 Å². The first-order valence-corrected chi connectivity index (χ1v) is 6.29. The summed E-state index contributed by atoms with van der Waals surface area (Å²) in [5, 5.41) is 10.9. The molecule has 104 valence electrons. The molecule has 0 aliphatic heterocycles. The first-order valence-electron chi connectivity index (χ1n) is 6.29. The molecular formula is C15H11N3O3. The van der Waals surface area contributed by atoms with Crippen LogP contribution in [0.5, 0.6) is 0 Å². The normalized spacial score (nSPS) is 10.7. The SMILES string of the molecule is Cc1ccn2c(C=O)c(-c3cccc([N+](=O)[O-])c3)nc2c1. The Morgan fingerprint density at radius 3 is 2.81 bits per heavy atom. The molecule has 0 N–H and O–H groups in total. The van der Waals surface area contributed by atoms with Gasteiger partial charge in [-0.15, -0.1) is 0 Å². The lowest BCUT2D eigenvalue weighted by Crippen LogP contribution is -1.93. The summed E-state index contributed by atoms with van der Waals surface area (Å²) >= 11 is 0. The summed E-state index contributed by atoms with van der Waals surface area (Å²) in [6.45, 7) is 1.93. The number of non-ortho nitro benzene ring substituents is 1. The number of carbonyl (C=O) groups excluding carboxylic acids is 1. The van der Waals surface area contributed by atoms with Crippen molar-refractivity contribution in [3.8, 4) is 11.3 Å². The van der Waals surface area contributed by atoms with Crippen molar-refractivity contribution in [1.82, 2.24) is 9.38 Å². The average Bonchev–Trinajstić information content (AvgIpc) is 2.84. The largest absolute Gasteiger partial charge is 0.297 e. The highest BCUT2D eigenvalue weighted by Crippen LogP contribution is 2.26. The lowest BCUT2D eigenvalue weighted by Gasteiger charge is -1.99. The number of hydrogen-bond donors (Lipinski definition) is 0. The molecule has 0 saturated carbocycles. The van der Waals surface area contributed by atoms with Gasteiger partial charge in [0.1, 0.15) is 17.0 Å². The maximum Gasteiger partial charge on any atom is 0.270 e. The van der Waals surface area contributed by atoms with Gasteiger partial charge < -0.3 is 0 Å². The third-order valence-electron chi connectivity index (χ3n) is 3.26. The van der Waals surface area contributed by atoms with Crippen LogP contribution in [0.1, 0.15) is 16.1 Å². The number of aryl methyl sites for hydroxylation is 1. The molecule has 0 unspecified atom stereocenters. The molecule has 0 amide bonds. The molecule has 2 heterocycles. The molecule has 3 rings (SSSR count). The number of nitro groups is 1. The van der Waals surface area contributed by atoms with Crippen LogP contribution in [0.3, 0.4) is 0 Å². The van der Waals surface area contributed by atoms with E-state index in [1.165, 1.54) is 12.1 Å². The van der Waals surface area contributed by atoms with E-state index in [4.69, 9.17) is 0 Å². The summed E-state index contributed by atoms with van der Waals surface area (Å²) in [4.78, 5) is 26.2. The second-order valence-corrected chi connectivity index (χ2v) is 4.70. The lowest BCUT2D eigenvalue weighted by atomic mass is 10.1. The van der Waals surface area contributed by atoms with Crippen LogP contribution in [0.25, 0.3) is 16.9 Å². The van der Waals surface area contributed by atoms with E-state index in [0.717, 1.165) is 5.56 Å². The van der Waals surface area contributed by atoms with E-state index < -0.39 is 4.92 Å². The van der Waals surface area contributed by atoms with Gasteiger partial charge in [0.05, 0.1) is 4.92 Å². The summed E-state index contributed by atoms with van der Waals surface area (Å²) in [6, 6.07) is 9.84. The molecule has 0 atom stereocenters. The van der Waals surface area contributed by atoms with Gasteiger partial charge in [0.25, 0.3) is 5.69 Å². The molecule has 0 fully saturated rings.